The summed E-state index contributed by atoms with van der Waals surface area (Å²) in [6, 6.07) is 5.66. The molecule has 1 aliphatic heterocycles. The zero-order chi connectivity index (χ0) is 15.4. The summed E-state index contributed by atoms with van der Waals surface area (Å²) in [6.45, 7) is 5.72. The molecule has 0 amide bonds. The zero-order valence-electron chi connectivity index (χ0n) is 12.9. The molecule has 1 aliphatic rings. The Kier molecular flexibility index (Phi) is 6.17. The van der Waals surface area contributed by atoms with Crippen LogP contribution in [0.25, 0.3) is 0 Å². The fraction of sp³-hybridized carbons (Fsp3) is 0.625. The molecule has 0 aliphatic carbocycles. The zero-order valence-corrected chi connectivity index (χ0v) is 14.4. The van der Waals surface area contributed by atoms with E-state index in [1.54, 1.807) is 0 Å². The standard InChI is InChI=1S/C16H25BrFN3/c1-3-13-11-20(2)7-4-8-21(13)16(10-19)14-6-5-12(17)9-15(14)18/h5-6,9,13,16H,3-4,7-8,10-11,19H2,1-2H3. The van der Waals surface area contributed by atoms with Crippen LogP contribution in [0.2, 0.25) is 0 Å². The van der Waals surface area contributed by atoms with Gasteiger partial charge in [0.15, 0.2) is 0 Å². The smallest absolute Gasteiger partial charge is 0.129 e. The predicted molar refractivity (Wildman–Crippen MR) is 88.8 cm³/mol. The second-order valence-electron chi connectivity index (χ2n) is 5.83. The molecule has 0 radical (unpaired) electrons. The lowest BCUT2D eigenvalue weighted by Gasteiger charge is -2.37. The van der Waals surface area contributed by atoms with Crippen LogP contribution in [0.4, 0.5) is 4.39 Å². The Balaban J connectivity index is 2.29. The van der Waals surface area contributed by atoms with Crippen LogP contribution < -0.4 is 5.73 Å². The number of rotatable bonds is 4. The molecule has 2 rings (SSSR count). The van der Waals surface area contributed by atoms with Crippen molar-refractivity contribution < 1.29 is 4.39 Å². The molecule has 1 aromatic rings. The molecule has 2 unspecified atom stereocenters. The summed E-state index contributed by atoms with van der Waals surface area (Å²) in [6.07, 6.45) is 2.15. The van der Waals surface area contributed by atoms with Crippen LogP contribution in [0.1, 0.15) is 31.4 Å². The van der Waals surface area contributed by atoms with Crippen LogP contribution in [0.3, 0.4) is 0 Å². The maximum atomic E-state index is 14.3. The van der Waals surface area contributed by atoms with E-state index in [4.69, 9.17) is 5.73 Å². The quantitative estimate of drug-likeness (QED) is 0.898. The molecule has 118 valence electrons. The number of hydrogen-bond donors (Lipinski definition) is 1. The second-order valence-corrected chi connectivity index (χ2v) is 6.75. The van der Waals surface area contributed by atoms with Crippen LogP contribution >= 0.6 is 15.9 Å². The van der Waals surface area contributed by atoms with Crippen LogP contribution in [0.5, 0.6) is 0 Å². The molecule has 0 bridgehead atoms. The van der Waals surface area contributed by atoms with Crippen molar-refractivity contribution in [2.24, 2.45) is 5.73 Å². The number of nitrogens with two attached hydrogens (primary N) is 1. The minimum atomic E-state index is -0.174. The molecule has 2 N–H and O–H groups in total. The fourth-order valence-electron chi connectivity index (χ4n) is 3.25. The summed E-state index contributed by atoms with van der Waals surface area (Å²) >= 11 is 3.32. The van der Waals surface area contributed by atoms with Gasteiger partial charge < -0.3 is 10.6 Å². The van der Waals surface area contributed by atoms with Crippen LogP contribution in [-0.2, 0) is 0 Å². The summed E-state index contributed by atoms with van der Waals surface area (Å²) in [4.78, 5) is 4.76. The van der Waals surface area contributed by atoms with E-state index in [1.807, 2.05) is 12.1 Å². The van der Waals surface area contributed by atoms with Crippen molar-refractivity contribution in [1.29, 1.82) is 0 Å². The van der Waals surface area contributed by atoms with Gasteiger partial charge in [0, 0.05) is 35.7 Å². The first-order chi connectivity index (χ1) is 10.1. The maximum Gasteiger partial charge on any atom is 0.129 e. The first-order valence-corrected chi connectivity index (χ1v) is 8.45. The Morgan fingerprint density at radius 3 is 2.81 bits per heavy atom. The van der Waals surface area contributed by atoms with E-state index >= 15 is 0 Å². The van der Waals surface area contributed by atoms with Crippen molar-refractivity contribution in [1.82, 2.24) is 9.80 Å². The van der Waals surface area contributed by atoms with Gasteiger partial charge in [0.1, 0.15) is 5.82 Å². The third kappa shape index (κ3) is 4.03. The van der Waals surface area contributed by atoms with E-state index < -0.39 is 0 Å². The fourth-order valence-corrected chi connectivity index (χ4v) is 3.58. The van der Waals surface area contributed by atoms with Gasteiger partial charge in [-0.15, -0.1) is 0 Å². The molecule has 1 heterocycles. The lowest BCUT2D eigenvalue weighted by molar-refractivity contribution is 0.129. The molecule has 21 heavy (non-hydrogen) atoms. The SMILES string of the molecule is CCC1CN(C)CCCN1C(CN)c1ccc(Br)cc1F. The number of halogens is 2. The molecule has 5 heteroatoms. The van der Waals surface area contributed by atoms with Crippen LogP contribution in [-0.4, -0.2) is 49.1 Å². The average molecular weight is 358 g/mol. The highest BCUT2D eigenvalue weighted by molar-refractivity contribution is 9.10. The Hall–Kier alpha value is -0.490. The molecule has 3 nitrogen and oxygen atoms in total. The van der Waals surface area contributed by atoms with Gasteiger partial charge in [-0.1, -0.05) is 28.9 Å². The average Bonchev–Trinajstić information content (AvgIpc) is 2.63. The second kappa shape index (κ2) is 7.68. The lowest BCUT2D eigenvalue weighted by atomic mass is 10.0. The van der Waals surface area contributed by atoms with Gasteiger partial charge in [0.05, 0.1) is 6.04 Å². The highest BCUT2D eigenvalue weighted by Gasteiger charge is 2.29. The molecular formula is C16H25BrFN3. The van der Waals surface area contributed by atoms with Crippen LogP contribution in [0.15, 0.2) is 22.7 Å². The van der Waals surface area contributed by atoms with Gasteiger partial charge in [-0.25, -0.2) is 4.39 Å². The summed E-state index contributed by atoms with van der Waals surface area (Å²) in [7, 11) is 2.16. The Bertz CT molecular complexity index is 469. The van der Waals surface area contributed by atoms with Gasteiger partial charge in [-0.05, 0) is 38.6 Å². The van der Waals surface area contributed by atoms with Crippen LogP contribution in [0, 0.1) is 5.82 Å². The minimum absolute atomic E-state index is 0.0467. The molecule has 2 atom stereocenters. The summed E-state index contributed by atoms with van der Waals surface area (Å²) in [5.41, 5.74) is 6.72. The lowest BCUT2D eigenvalue weighted by Crippen LogP contribution is -2.44. The van der Waals surface area contributed by atoms with Gasteiger partial charge in [0.2, 0.25) is 0 Å². The van der Waals surface area contributed by atoms with E-state index in [0.29, 0.717) is 18.2 Å². The Morgan fingerprint density at radius 1 is 1.43 bits per heavy atom. The van der Waals surface area contributed by atoms with Gasteiger partial charge in [-0.3, -0.25) is 4.90 Å². The van der Waals surface area contributed by atoms with Crippen molar-refractivity contribution in [2.75, 3.05) is 33.2 Å². The molecule has 1 fully saturated rings. The Morgan fingerprint density at radius 2 is 2.19 bits per heavy atom. The minimum Gasteiger partial charge on any atom is -0.329 e. The van der Waals surface area contributed by atoms with E-state index in [-0.39, 0.29) is 11.9 Å². The van der Waals surface area contributed by atoms with Gasteiger partial charge in [-0.2, -0.15) is 0 Å². The number of hydrogen-bond acceptors (Lipinski definition) is 3. The summed E-state index contributed by atoms with van der Waals surface area (Å²) in [5.74, 6) is -0.174. The summed E-state index contributed by atoms with van der Waals surface area (Å²) < 4.78 is 15.1. The molecule has 0 saturated carbocycles. The Labute approximate surface area is 135 Å². The third-order valence-electron chi connectivity index (χ3n) is 4.36. The van der Waals surface area contributed by atoms with Crippen molar-refractivity contribution in [3.8, 4) is 0 Å². The molecule has 0 aromatic heterocycles. The molecular weight excluding hydrogens is 333 g/mol. The van der Waals surface area contributed by atoms with E-state index in [0.717, 1.165) is 36.9 Å². The number of nitrogens with zero attached hydrogens (tertiary/aromatic N) is 2. The third-order valence-corrected chi connectivity index (χ3v) is 4.86. The largest absolute Gasteiger partial charge is 0.329 e. The molecule has 0 spiro atoms. The van der Waals surface area contributed by atoms with Crippen molar-refractivity contribution in [3.63, 3.8) is 0 Å². The van der Waals surface area contributed by atoms with Crippen molar-refractivity contribution in [2.45, 2.75) is 31.8 Å². The van der Waals surface area contributed by atoms with Crippen molar-refractivity contribution in [3.05, 3.63) is 34.1 Å². The number of benzene rings is 1. The van der Waals surface area contributed by atoms with Gasteiger partial charge >= 0.3 is 0 Å². The highest BCUT2D eigenvalue weighted by Crippen LogP contribution is 2.29. The highest BCUT2D eigenvalue weighted by atomic mass is 79.9. The topological polar surface area (TPSA) is 32.5 Å². The normalized spacial score (nSPS) is 23.0. The van der Waals surface area contributed by atoms with E-state index in [9.17, 15) is 4.39 Å². The van der Waals surface area contributed by atoms with E-state index in [1.165, 1.54) is 6.07 Å². The first kappa shape index (κ1) is 16.9. The monoisotopic (exact) mass is 357 g/mol. The van der Waals surface area contributed by atoms with E-state index in [2.05, 4.69) is 39.7 Å². The molecule has 1 saturated heterocycles. The van der Waals surface area contributed by atoms with Gasteiger partial charge in [0.25, 0.3) is 0 Å². The van der Waals surface area contributed by atoms with Crippen molar-refractivity contribution >= 4 is 15.9 Å². The number of likely N-dealkylation sites (N-methyl/N-ethyl adjacent to an activating group) is 1. The predicted octanol–water partition coefficient (Wildman–Crippen LogP) is 3.00. The summed E-state index contributed by atoms with van der Waals surface area (Å²) in [5, 5.41) is 0. The molecule has 1 aromatic carbocycles. The maximum absolute atomic E-state index is 14.3. The first-order valence-electron chi connectivity index (χ1n) is 7.66.